The van der Waals surface area contributed by atoms with Gasteiger partial charge in [-0.3, -0.25) is 0 Å². The molecule has 0 amide bonds. The van der Waals surface area contributed by atoms with Crippen LogP contribution in [0, 0.1) is 5.82 Å². The van der Waals surface area contributed by atoms with Gasteiger partial charge in [0, 0.05) is 22.5 Å². The summed E-state index contributed by atoms with van der Waals surface area (Å²) in [6, 6.07) is 7.30. The molecule has 1 N–H and O–H groups in total. The summed E-state index contributed by atoms with van der Waals surface area (Å²) in [5.74, 6) is 0.801. The van der Waals surface area contributed by atoms with Crippen LogP contribution in [0.5, 0.6) is 0 Å². The van der Waals surface area contributed by atoms with E-state index in [4.69, 9.17) is 4.42 Å². The van der Waals surface area contributed by atoms with Gasteiger partial charge in [-0.15, -0.1) is 0 Å². The predicted molar refractivity (Wildman–Crippen MR) is 86.9 cm³/mol. The van der Waals surface area contributed by atoms with Gasteiger partial charge in [0.05, 0.1) is 6.26 Å². The quantitative estimate of drug-likeness (QED) is 0.755. The smallest absolute Gasteiger partial charge is 0.127 e. The molecule has 0 aliphatic rings. The van der Waals surface area contributed by atoms with Crippen LogP contribution in [-0.4, -0.2) is 6.54 Å². The van der Waals surface area contributed by atoms with E-state index in [9.17, 15) is 4.39 Å². The van der Waals surface area contributed by atoms with Crippen molar-refractivity contribution in [3.05, 3.63) is 57.7 Å². The zero-order chi connectivity index (χ0) is 15.2. The van der Waals surface area contributed by atoms with Crippen LogP contribution in [-0.2, 0) is 12.8 Å². The molecule has 1 unspecified atom stereocenters. The Balaban J connectivity index is 2.24. The maximum absolute atomic E-state index is 14.1. The van der Waals surface area contributed by atoms with Gasteiger partial charge in [-0.2, -0.15) is 0 Å². The third-order valence-electron chi connectivity index (χ3n) is 3.56. The van der Waals surface area contributed by atoms with Crippen molar-refractivity contribution in [2.75, 3.05) is 6.54 Å². The van der Waals surface area contributed by atoms with Crippen LogP contribution >= 0.6 is 15.9 Å². The van der Waals surface area contributed by atoms with E-state index in [-0.39, 0.29) is 11.9 Å². The number of nitrogens with one attached hydrogen (secondary N) is 1. The van der Waals surface area contributed by atoms with E-state index in [0.29, 0.717) is 6.42 Å². The van der Waals surface area contributed by atoms with Crippen LogP contribution in [0.1, 0.15) is 43.2 Å². The summed E-state index contributed by atoms with van der Waals surface area (Å²) in [6.07, 6.45) is 4.21. The van der Waals surface area contributed by atoms with Crippen molar-refractivity contribution in [3.63, 3.8) is 0 Å². The molecule has 2 aromatic rings. The number of aryl methyl sites for hydroxylation is 1. The summed E-state index contributed by atoms with van der Waals surface area (Å²) in [4.78, 5) is 0. The van der Waals surface area contributed by atoms with Crippen molar-refractivity contribution in [1.82, 2.24) is 5.32 Å². The molecule has 0 bridgehead atoms. The first-order chi connectivity index (χ1) is 10.2. The molecule has 2 nitrogen and oxygen atoms in total. The third kappa shape index (κ3) is 4.17. The fourth-order valence-corrected chi connectivity index (χ4v) is 2.80. The van der Waals surface area contributed by atoms with Gasteiger partial charge in [-0.1, -0.05) is 35.8 Å². The lowest BCUT2D eigenvalue weighted by molar-refractivity contribution is 0.476. The van der Waals surface area contributed by atoms with E-state index in [1.807, 2.05) is 18.2 Å². The van der Waals surface area contributed by atoms with Gasteiger partial charge >= 0.3 is 0 Å². The fourth-order valence-electron chi connectivity index (χ4n) is 2.47. The molecule has 0 saturated heterocycles. The van der Waals surface area contributed by atoms with Crippen LogP contribution in [0.15, 0.2) is 39.4 Å². The van der Waals surface area contributed by atoms with Gasteiger partial charge in [0.25, 0.3) is 0 Å². The average molecular weight is 354 g/mol. The van der Waals surface area contributed by atoms with Crippen LogP contribution in [0.25, 0.3) is 0 Å². The second kappa shape index (κ2) is 7.76. The van der Waals surface area contributed by atoms with Crippen LogP contribution < -0.4 is 5.32 Å². The summed E-state index contributed by atoms with van der Waals surface area (Å²) in [7, 11) is 0. The number of hydrogen-bond acceptors (Lipinski definition) is 2. The normalized spacial score (nSPS) is 12.6. The van der Waals surface area contributed by atoms with E-state index in [0.717, 1.165) is 40.7 Å². The van der Waals surface area contributed by atoms with E-state index < -0.39 is 0 Å². The molecule has 0 fully saturated rings. The zero-order valence-electron chi connectivity index (χ0n) is 12.5. The van der Waals surface area contributed by atoms with Gasteiger partial charge in [0.15, 0.2) is 0 Å². The predicted octanol–water partition coefficient (Wildman–Crippen LogP) is 5.03. The van der Waals surface area contributed by atoms with Gasteiger partial charge in [-0.05, 0) is 43.1 Å². The van der Waals surface area contributed by atoms with Crippen molar-refractivity contribution < 1.29 is 8.81 Å². The summed E-state index contributed by atoms with van der Waals surface area (Å²) in [5, 5.41) is 3.50. The average Bonchev–Trinajstić information content (AvgIpc) is 2.94. The highest BCUT2D eigenvalue weighted by Crippen LogP contribution is 2.26. The summed E-state index contributed by atoms with van der Waals surface area (Å²) in [6.45, 7) is 5.09. The van der Waals surface area contributed by atoms with Crippen molar-refractivity contribution >= 4 is 15.9 Å². The van der Waals surface area contributed by atoms with Crippen molar-refractivity contribution in [2.45, 2.75) is 39.2 Å². The Bertz CT molecular complexity index is 582. The first kappa shape index (κ1) is 16.2. The zero-order valence-corrected chi connectivity index (χ0v) is 14.0. The van der Waals surface area contributed by atoms with Crippen LogP contribution in [0.3, 0.4) is 0 Å². The molecule has 1 heterocycles. The fraction of sp³-hybridized carbons (Fsp3) is 0.412. The second-order valence-corrected chi connectivity index (χ2v) is 6.01. The van der Waals surface area contributed by atoms with E-state index in [1.54, 1.807) is 6.26 Å². The lowest BCUT2D eigenvalue weighted by atomic mass is 9.98. The Morgan fingerprint density at radius 3 is 2.76 bits per heavy atom. The number of hydrogen-bond donors (Lipinski definition) is 1. The molecule has 0 aliphatic heterocycles. The van der Waals surface area contributed by atoms with E-state index in [2.05, 4.69) is 35.1 Å². The van der Waals surface area contributed by atoms with Crippen molar-refractivity contribution in [1.29, 1.82) is 0 Å². The van der Waals surface area contributed by atoms with Gasteiger partial charge in [0.2, 0.25) is 0 Å². The largest absolute Gasteiger partial charge is 0.469 e. The number of furan rings is 1. The topological polar surface area (TPSA) is 25.2 Å². The first-order valence-electron chi connectivity index (χ1n) is 7.39. The number of rotatable bonds is 7. The highest BCUT2D eigenvalue weighted by atomic mass is 79.9. The molecule has 21 heavy (non-hydrogen) atoms. The molecule has 0 spiro atoms. The van der Waals surface area contributed by atoms with Crippen molar-refractivity contribution in [2.24, 2.45) is 0 Å². The minimum Gasteiger partial charge on any atom is -0.469 e. The first-order valence-corrected chi connectivity index (χ1v) is 8.18. The Morgan fingerprint density at radius 2 is 2.10 bits per heavy atom. The minimum atomic E-state index is -0.172. The molecule has 2 rings (SSSR count). The molecule has 1 aromatic carbocycles. The van der Waals surface area contributed by atoms with Gasteiger partial charge in [0.1, 0.15) is 11.6 Å². The molecule has 4 heteroatoms. The lowest BCUT2D eigenvalue weighted by Crippen LogP contribution is -2.25. The monoisotopic (exact) mass is 353 g/mol. The van der Waals surface area contributed by atoms with Gasteiger partial charge in [-0.25, -0.2) is 4.39 Å². The molecule has 0 saturated carbocycles. The summed E-state index contributed by atoms with van der Waals surface area (Å²) < 4.78 is 20.4. The minimum absolute atomic E-state index is 0.0781. The highest BCUT2D eigenvalue weighted by molar-refractivity contribution is 9.10. The Labute approximate surface area is 133 Å². The Kier molecular flexibility index (Phi) is 6.00. The summed E-state index contributed by atoms with van der Waals surface area (Å²) >= 11 is 3.30. The Hall–Kier alpha value is -1.13. The van der Waals surface area contributed by atoms with Crippen LogP contribution in [0.2, 0.25) is 0 Å². The molecule has 0 radical (unpaired) electrons. The standard InChI is InChI=1S/C17H21BrFNO/c1-3-8-20-16(14-7-9-21-17(14)4-2)10-12-5-6-13(18)11-15(12)19/h5-7,9,11,16,20H,3-4,8,10H2,1-2H3. The highest BCUT2D eigenvalue weighted by Gasteiger charge is 2.18. The van der Waals surface area contributed by atoms with Crippen molar-refractivity contribution in [3.8, 4) is 0 Å². The second-order valence-electron chi connectivity index (χ2n) is 5.10. The molecular weight excluding hydrogens is 333 g/mol. The molecule has 1 aromatic heterocycles. The molecule has 0 aliphatic carbocycles. The van der Waals surface area contributed by atoms with E-state index >= 15 is 0 Å². The molecular formula is C17H21BrFNO. The summed E-state index contributed by atoms with van der Waals surface area (Å²) in [5.41, 5.74) is 1.85. The van der Waals surface area contributed by atoms with Crippen LogP contribution in [0.4, 0.5) is 4.39 Å². The third-order valence-corrected chi connectivity index (χ3v) is 4.05. The van der Waals surface area contributed by atoms with Gasteiger partial charge < -0.3 is 9.73 Å². The SMILES string of the molecule is CCCNC(Cc1ccc(Br)cc1F)c1ccoc1CC. The number of halogens is 2. The lowest BCUT2D eigenvalue weighted by Gasteiger charge is -2.19. The Morgan fingerprint density at radius 1 is 1.29 bits per heavy atom. The molecule has 114 valence electrons. The molecule has 1 atom stereocenters. The maximum atomic E-state index is 14.1. The maximum Gasteiger partial charge on any atom is 0.127 e. The van der Waals surface area contributed by atoms with E-state index in [1.165, 1.54) is 6.07 Å². The number of benzene rings is 1.